The third-order valence-corrected chi connectivity index (χ3v) is 2.72. The monoisotopic (exact) mass is 398 g/mol. The third-order valence-electron chi connectivity index (χ3n) is 2.72. The van der Waals surface area contributed by atoms with Gasteiger partial charge in [0.25, 0.3) is 0 Å². The Morgan fingerprint density at radius 1 is 0.880 bits per heavy atom. The molecule has 0 aromatic carbocycles. The molecule has 25 heavy (non-hydrogen) atoms. The molecule has 0 aliphatic heterocycles. The molecule has 0 fully saturated rings. The summed E-state index contributed by atoms with van der Waals surface area (Å²) in [4.78, 5) is 21.7. The van der Waals surface area contributed by atoms with Crippen molar-refractivity contribution in [2.45, 2.75) is 6.92 Å². The summed E-state index contributed by atoms with van der Waals surface area (Å²) in [5.74, 6) is -0.151. The van der Waals surface area contributed by atoms with Crippen LogP contribution in [-0.4, -0.2) is 89.2 Å². The Kier molecular flexibility index (Phi) is 19.2. The van der Waals surface area contributed by atoms with Crippen molar-refractivity contribution in [3.05, 3.63) is 24.8 Å². The summed E-state index contributed by atoms with van der Waals surface area (Å²) < 4.78 is 1.72. The van der Waals surface area contributed by atoms with Crippen LogP contribution in [0.5, 0.6) is 0 Å². The average Bonchev–Trinajstić information content (AvgIpc) is 2.36. The van der Waals surface area contributed by atoms with Gasteiger partial charge in [-0.15, -0.1) is 0 Å². The molecule has 2 N–H and O–H groups in total. The van der Waals surface area contributed by atoms with E-state index in [1.807, 2.05) is 0 Å². The van der Waals surface area contributed by atoms with Gasteiger partial charge in [-0.1, -0.05) is 13.2 Å². The normalized spacial score (nSPS) is 10.0. The van der Waals surface area contributed by atoms with Crippen molar-refractivity contribution in [1.82, 2.24) is 10.6 Å². The number of likely N-dealkylation sites (N-methyl/N-ethyl adjacent to an activating group) is 2. The number of quaternary nitrogens is 2. The molecule has 0 aliphatic rings. The van der Waals surface area contributed by atoms with Crippen LogP contribution >= 0.6 is 0 Å². The predicted octanol–water partition coefficient (Wildman–Crippen LogP) is -5.61. The highest BCUT2D eigenvalue weighted by Crippen LogP contribution is 1.89. The Morgan fingerprint density at radius 2 is 1.24 bits per heavy atom. The molecule has 2 amide bonds. The lowest BCUT2D eigenvalue weighted by atomic mass is 10.3. The first-order valence-corrected chi connectivity index (χ1v) is 7.73. The minimum atomic E-state index is -0.0987. The number of rotatable bonds is 8. The number of carbonyl (C=O) groups is 2. The van der Waals surface area contributed by atoms with Gasteiger partial charge in [0.15, 0.2) is 0 Å². The van der Waals surface area contributed by atoms with E-state index in [0.29, 0.717) is 18.7 Å². The molecule has 0 unspecified atom stereocenters. The molecule has 0 aliphatic carbocycles. The Morgan fingerprint density at radius 3 is 1.52 bits per heavy atom. The first-order chi connectivity index (χ1) is 10.3. The van der Waals surface area contributed by atoms with Crippen molar-refractivity contribution < 1.29 is 43.4 Å². The molecule has 8 heteroatoms. The number of hydrogen-bond donors (Lipinski definition) is 2. The maximum absolute atomic E-state index is 11.0. The molecule has 0 heterocycles. The van der Waals surface area contributed by atoms with E-state index in [0.717, 1.165) is 22.1 Å². The SMILES string of the molecule is C=C(C)C(=O)NCC[N+](C)(C)C.C=CC(=O)NCC[N+](C)(C)C.[Cl-].[Cl-]. The van der Waals surface area contributed by atoms with Crippen molar-refractivity contribution in [2.75, 3.05) is 68.5 Å². The van der Waals surface area contributed by atoms with Gasteiger partial charge in [-0.3, -0.25) is 9.59 Å². The molecule has 0 rings (SSSR count). The molecular formula is C17H36Cl2N4O2. The summed E-state index contributed by atoms with van der Waals surface area (Å²) in [5, 5.41) is 5.50. The van der Waals surface area contributed by atoms with E-state index in [4.69, 9.17) is 0 Å². The molecule has 0 bridgehead atoms. The first-order valence-electron chi connectivity index (χ1n) is 7.73. The fourth-order valence-electron chi connectivity index (χ4n) is 1.24. The summed E-state index contributed by atoms with van der Waals surface area (Å²) >= 11 is 0. The third kappa shape index (κ3) is 28.0. The van der Waals surface area contributed by atoms with Crippen LogP contribution in [0.3, 0.4) is 0 Å². The fraction of sp³-hybridized carbons (Fsp3) is 0.647. The van der Waals surface area contributed by atoms with Crippen molar-refractivity contribution in [1.29, 1.82) is 0 Å². The van der Waals surface area contributed by atoms with Gasteiger partial charge in [0, 0.05) is 5.57 Å². The molecule has 0 saturated carbocycles. The lowest BCUT2D eigenvalue weighted by molar-refractivity contribution is -0.869. The fourth-order valence-corrected chi connectivity index (χ4v) is 1.24. The Labute approximate surface area is 166 Å². The van der Waals surface area contributed by atoms with E-state index in [1.54, 1.807) is 6.92 Å². The van der Waals surface area contributed by atoms with Crippen LogP contribution in [0.25, 0.3) is 0 Å². The van der Waals surface area contributed by atoms with Crippen molar-refractivity contribution >= 4 is 11.8 Å². The number of nitrogens with zero attached hydrogens (tertiary/aromatic N) is 2. The second-order valence-electron chi connectivity index (χ2n) is 7.56. The maximum Gasteiger partial charge on any atom is 0.246 e. The van der Waals surface area contributed by atoms with Crippen LogP contribution in [0.2, 0.25) is 0 Å². The van der Waals surface area contributed by atoms with Crippen molar-refractivity contribution in [3.8, 4) is 0 Å². The van der Waals surface area contributed by atoms with E-state index in [1.165, 1.54) is 6.08 Å². The summed E-state index contributed by atoms with van der Waals surface area (Å²) in [6.07, 6.45) is 1.29. The van der Waals surface area contributed by atoms with Crippen LogP contribution < -0.4 is 35.4 Å². The Balaban J connectivity index is -0.000000164. The zero-order valence-corrected chi connectivity index (χ0v) is 18.3. The van der Waals surface area contributed by atoms with Gasteiger partial charge >= 0.3 is 0 Å². The van der Waals surface area contributed by atoms with Crippen LogP contribution in [0.15, 0.2) is 24.8 Å². The topological polar surface area (TPSA) is 58.2 Å². The molecule has 150 valence electrons. The molecule has 0 aromatic heterocycles. The lowest BCUT2D eigenvalue weighted by Crippen LogP contribution is -3.00. The van der Waals surface area contributed by atoms with Crippen LogP contribution in [0.4, 0.5) is 0 Å². The highest BCUT2D eigenvalue weighted by molar-refractivity contribution is 5.92. The average molecular weight is 399 g/mol. The smallest absolute Gasteiger partial charge is 0.246 e. The Hall–Kier alpha value is -1.08. The predicted molar refractivity (Wildman–Crippen MR) is 96.8 cm³/mol. The lowest BCUT2D eigenvalue weighted by Gasteiger charge is -2.23. The van der Waals surface area contributed by atoms with Crippen LogP contribution in [0.1, 0.15) is 6.92 Å². The summed E-state index contributed by atoms with van der Waals surface area (Å²) in [7, 11) is 12.5. The summed E-state index contributed by atoms with van der Waals surface area (Å²) in [6, 6.07) is 0. The highest BCUT2D eigenvalue weighted by Gasteiger charge is 2.07. The van der Waals surface area contributed by atoms with E-state index in [9.17, 15) is 9.59 Å². The first kappa shape index (κ1) is 31.7. The van der Waals surface area contributed by atoms with Gasteiger partial charge in [0.2, 0.25) is 11.8 Å². The molecular weight excluding hydrogens is 363 g/mol. The maximum atomic E-state index is 11.0. The van der Waals surface area contributed by atoms with Crippen molar-refractivity contribution in [2.24, 2.45) is 0 Å². The van der Waals surface area contributed by atoms with Gasteiger partial charge in [0.1, 0.15) is 0 Å². The molecule has 0 atom stereocenters. The number of amides is 2. The van der Waals surface area contributed by atoms with Gasteiger partial charge in [-0.25, -0.2) is 0 Å². The van der Waals surface area contributed by atoms with E-state index >= 15 is 0 Å². The standard InChI is InChI=1S/C9H18N2O.C8H16N2O.2ClH/c1-8(2)9(12)10-6-7-11(3,4)5;1-5-8(11)9-6-7-10(2,3)4;;/h1,6-7H2,2-5H3;5H,1,6-7H2,2-4H3;2*1H. The summed E-state index contributed by atoms with van der Waals surface area (Å²) in [6.45, 7) is 11.9. The van der Waals surface area contributed by atoms with Gasteiger partial charge in [-0.2, -0.15) is 0 Å². The quantitative estimate of drug-likeness (QED) is 0.316. The second kappa shape index (κ2) is 15.2. The summed E-state index contributed by atoms with van der Waals surface area (Å²) in [5.41, 5.74) is 0.566. The molecule has 0 aromatic rings. The van der Waals surface area contributed by atoms with Gasteiger partial charge < -0.3 is 44.4 Å². The number of halogens is 2. The molecule has 0 saturated heterocycles. The molecule has 0 spiro atoms. The minimum absolute atomic E-state index is 0. The molecule has 0 radical (unpaired) electrons. The van der Waals surface area contributed by atoms with E-state index < -0.39 is 0 Å². The van der Waals surface area contributed by atoms with Crippen molar-refractivity contribution in [3.63, 3.8) is 0 Å². The van der Waals surface area contributed by atoms with Gasteiger partial charge in [-0.05, 0) is 13.0 Å². The second-order valence-corrected chi connectivity index (χ2v) is 7.56. The zero-order chi connectivity index (χ0) is 18.7. The van der Waals surface area contributed by atoms with Crippen LogP contribution in [-0.2, 0) is 9.59 Å². The van der Waals surface area contributed by atoms with E-state index in [-0.39, 0.29) is 36.6 Å². The van der Waals surface area contributed by atoms with E-state index in [2.05, 4.69) is 66.1 Å². The zero-order valence-electron chi connectivity index (χ0n) is 16.8. The largest absolute Gasteiger partial charge is 1.00 e. The highest BCUT2D eigenvalue weighted by atomic mass is 35.5. The Bertz CT molecular complexity index is 414. The number of carbonyl (C=O) groups excluding carboxylic acids is 2. The minimum Gasteiger partial charge on any atom is -1.00 e. The van der Waals surface area contributed by atoms with Gasteiger partial charge in [0.05, 0.1) is 68.5 Å². The number of hydrogen-bond acceptors (Lipinski definition) is 2. The molecule has 6 nitrogen and oxygen atoms in total. The number of nitrogens with one attached hydrogen (secondary N) is 2. The van der Waals surface area contributed by atoms with Crippen LogP contribution in [0, 0.1) is 0 Å².